The van der Waals surface area contributed by atoms with Gasteiger partial charge in [-0.3, -0.25) is 4.99 Å². The molecule has 1 aliphatic carbocycles. The highest BCUT2D eigenvalue weighted by Crippen LogP contribution is 2.28. The summed E-state index contributed by atoms with van der Waals surface area (Å²) in [6.45, 7) is 10.2. The van der Waals surface area contributed by atoms with E-state index in [9.17, 15) is 0 Å². The van der Waals surface area contributed by atoms with Crippen molar-refractivity contribution >= 4 is 29.9 Å². The van der Waals surface area contributed by atoms with Crippen molar-refractivity contribution in [1.29, 1.82) is 0 Å². The van der Waals surface area contributed by atoms with Crippen LogP contribution in [0.25, 0.3) is 0 Å². The van der Waals surface area contributed by atoms with Crippen LogP contribution in [0.5, 0.6) is 0 Å². The van der Waals surface area contributed by atoms with Crippen molar-refractivity contribution in [2.45, 2.75) is 51.9 Å². The fourth-order valence-corrected chi connectivity index (χ4v) is 2.96. The Kier molecular flexibility index (Phi) is 12.9. The Morgan fingerprint density at radius 2 is 1.88 bits per heavy atom. The zero-order chi connectivity index (χ0) is 16.2. The predicted molar refractivity (Wildman–Crippen MR) is 112 cm³/mol. The molecule has 0 aromatic rings. The first-order valence-corrected chi connectivity index (χ1v) is 9.70. The van der Waals surface area contributed by atoms with Gasteiger partial charge in [0.1, 0.15) is 0 Å². The van der Waals surface area contributed by atoms with Gasteiger partial charge in [0.15, 0.2) is 5.96 Å². The highest BCUT2D eigenvalue weighted by atomic mass is 127. The smallest absolute Gasteiger partial charge is 0.191 e. The van der Waals surface area contributed by atoms with Gasteiger partial charge in [-0.25, -0.2) is 0 Å². The maximum absolute atomic E-state index is 5.65. The molecule has 6 heteroatoms. The van der Waals surface area contributed by atoms with Gasteiger partial charge in [-0.1, -0.05) is 12.8 Å². The number of rotatable bonds is 10. The van der Waals surface area contributed by atoms with Crippen LogP contribution in [0, 0.1) is 5.92 Å². The second kappa shape index (κ2) is 14.1. The van der Waals surface area contributed by atoms with Crippen LogP contribution in [-0.4, -0.2) is 63.3 Å². The highest BCUT2D eigenvalue weighted by molar-refractivity contribution is 14.0. The minimum atomic E-state index is 0. The highest BCUT2D eigenvalue weighted by Gasteiger charge is 2.20. The van der Waals surface area contributed by atoms with E-state index in [-0.39, 0.29) is 24.0 Å². The zero-order valence-corrected chi connectivity index (χ0v) is 17.7. The third kappa shape index (κ3) is 10.7. The van der Waals surface area contributed by atoms with Crippen LogP contribution in [0.2, 0.25) is 0 Å². The van der Waals surface area contributed by atoms with Gasteiger partial charge in [-0.05, 0) is 64.6 Å². The molecule has 2 fully saturated rings. The average Bonchev–Trinajstić information content (AvgIpc) is 3.38. The first-order chi connectivity index (χ1) is 11.4. The van der Waals surface area contributed by atoms with Crippen LogP contribution < -0.4 is 10.6 Å². The number of aliphatic imine (C=N–C) groups is 1. The first-order valence-electron chi connectivity index (χ1n) is 9.70. The molecule has 1 saturated heterocycles. The molecule has 0 aromatic heterocycles. The molecule has 142 valence electrons. The molecule has 0 atom stereocenters. The Morgan fingerprint density at radius 1 is 1.12 bits per heavy atom. The summed E-state index contributed by atoms with van der Waals surface area (Å²) in [4.78, 5) is 7.28. The molecule has 2 aliphatic rings. The molecule has 24 heavy (non-hydrogen) atoms. The Bertz CT molecular complexity index is 329. The lowest BCUT2D eigenvalue weighted by Gasteiger charge is -2.19. The summed E-state index contributed by atoms with van der Waals surface area (Å²) in [5.41, 5.74) is 0. The lowest BCUT2D eigenvalue weighted by Crippen LogP contribution is -2.39. The number of guanidine groups is 1. The molecule has 2 rings (SSSR count). The molecule has 5 nitrogen and oxygen atoms in total. The van der Waals surface area contributed by atoms with E-state index in [1.165, 1.54) is 58.2 Å². The van der Waals surface area contributed by atoms with E-state index < -0.39 is 0 Å². The molecule has 0 unspecified atom stereocenters. The summed E-state index contributed by atoms with van der Waals surface area (Å²) < 4.78 is 5.65. The summed E-state index contributed by atoms with van der Waals surface area (Å²) in [7, 11) is 0. The summed E-state index contributed by atoms with van der Waals surface area (Å²) in [6.07, 6.45) is 9.42. The SMILES string of the molecule is CCNC(=NCCCN1CCCCCC1)NCCOCC1CC1.I. The van der Waals surface area contributed by atoms with Crippen LogP contribution in [0.15, 0.2) is 4.99 Å². The zero-order valence-electron chi connectivity index (χ0n) is 15.4. The van der Waals surface area contributed by atoms with Crippen molar-refractivity contribution in [2.24, 2.45) is 10.9 Å². The molecule has 0 aromatic carbocycles. The number of hydrogen-bond donors (Lipinski definition) is 2. The van der Waals surface area contributed by atoms with E-state index in [2.05, 4.69) is 27.4 Å². The lowest BCUT2D eigenvalue weighted by atomic mass is 10.2. The largest absolute Gasteiger partial charge is 0.379 e. The van der Waals surface area contributed by atoms with Crippen LogP contribution in [0.4, 0.5) is 0 Å². The van der Waals surface area contributed by atoms with Crippen LogP contribution in [0.3, 0.4) is 0 Å². The Morgan fingerprint density at radius 3 is 2.54 bits per heavy atom. The monoisotopic (exact) mass is 452 g/mol. The summed E-state index contributed by atoms with van der Waals surface area (Å²) in [5.74, 6) is 1.77. The molecule has 0 radical (unpaired) electrons. The van der Waals surface area contributed by atoms with Gasteiger partial charge in [0.05, 0.1) is 6.61 Å². The molecule has 2 N–H and O–H groups in total. The van der Waals surface area contributed by atoms with Gasteiger partial charge >= 0.3 is 0 Å². The number of ether oxygens (including phenoxy) is 1. The third-order valence-electron chi connectivity index (χ3n) is 4.53. The molecule has 1 heterocycles. The van der Waals surface area contributed by atoms with Gasteiger partial charge < -0.3 is 20.3 Å². The Labute approximate surface area is 165 Å². The Hall–Kier alpha value is -0.0800. The Balaban J connectivity index is 0.00000288. The minimum absolute atomic E-state index is 0. The molecular weight excluding hydrogens is 415 g/mol. The van der Waals surface area contributed by atoms with Gasteiger partial charge in [0, 0.05) is 26.2 Å². The number of halogens is 1. The predicted octanol–water partition coefficient (Wildman–Crippen LogP) is 2.85. The van der Waals surface area contributed by atoms with Crippen LogP contribution in [0.1, 0.15) is 51.9 Å². The van der Waals surface area contributed by atoms with E-state index in [1.807, 2.05) is 0 Å². The molecule has 1 aliphatic heterocycles. The van der Waals surface area contributed by atoms with Gasteiger partial charge in [-0.15, -0.1) is 24.0 Å². The molecule has 0 amide bonds. The van der Waals surface area contributed by atoms with Crippen molar-refractivity contribution in [3.8, 4) is 0 Å². The van der Waals surface area contributed by atoms with Crippen LogP contribution >= 0.6 is 24.0 Å². The van der Waals surface area contributed by atoms with Gasteiger partial charge in [0.25, 0.3) is 0 Å². The summed E-state index contributed by atoms with van der Waals surface area (Å²) >= 11 is 0. The maximum Gasteiger partial charge on any atom is 0.191 e. The van der Waals surface area contributed by atoms with Crippen molar-refractivity contribution in [3.63, 3.8) is 0 Å². The molecule has 0 spiro atoms. The average molecular weight is 452 g/mol. The lowest BCUT2D eigenvalue weighted by molar-refractivity contribution is 0.129. The standard InChI is InChI=1S/C18H36N4O.HI/c1-2-19-18(21-11-15-23-16-17-8-9-17)20-10-7-14-22-12-5-3-4-6-13-22;/h17H,2-16H2,1H3,(H2,19,20,21);1H. The van der Waals surface area contributed by atoms with Gasteiger partial charge in [-0.2, -0.15) is 0 Å². The normalized spacial score (nSPS) is 19.5. The van der Waals surface area contributed by atoms with E-state index >= 15 is 0 Å². The summed E-state index contributed by atoms with van der Waals surface area (Å²) in [5, 5.41) is 6.68. The number of hydrogen-bond acceptors (Lipinski definition) is 3. The van der Waals surface area contributed by atoms with E-state index in [4.69, 9.17) is 4.74 Å². The first kappa shape index (κ1) is 22.0. The van der Waals surface area contributed by atoms with Crippen LogP contribution in [-0.2, 0) is 4.74 Å². The number of nitrogens with one attached hydrogen (secondary N) is 2. The van der Waals surface area contributed by atoms with E-state index in [0.29, 0.717) is 0 Å². The molecule has 1 saturated carbocycles. The fraction of sp³-hybridized carbons (Fsp3) is 0.944. The van der Waals surface area contributed by atoms with E-state index in [0.717, 1.165) is 51.1 Å². The van der Waals surface area contributed by atoms with E-state index in [1.54, 1.807) is 0 Å². The van der Waals surface area contributed by atoms with Crippen molar-refractivity contribution in [1.82, 2.24) is 15.5 Å². The van der Waals surface area contributed by atoms with Crippen molar-refractivity contribution < 1.29 is 4.74 Å². The number of nitrogens with zero attached hydrogens (tertiary/aromatic N) is 2. The topological polar surface area (TPSA) is 48.9 Å². The number of likely N-dealkylation sites (tertiary alicyclic amines) is 1. The third-order valence-corrected chi connectivity index (χ3v) is 4.53. The second-order valence-electron chi connectivity index (χ2n) is 6.82. The minimum Gasteiger partial charge on any atom is -0.379 e. The maximum atomic E-state index is 5.65. The van der Waals surface area contributed by atoms with Gasteiger partial charge in [0.2, 0.25) is 0 Å². The van der Waals surface area contributed by atoms with Crippen molar-refractivity contribution in [3.05, 3.63) is 0 Å². The quantitative estimate of drug-likeness (QED) is 0.232. The molecule has 0 bridgehead atoms. The molecular formula is C18H37IN4O. The summed E-state index contributed by atoms with van der Waals surface area (Å²) in [6, 6.07) is 0. The fourth-order valence-electron chi connectivity index (χ4n) is 2.96. The second-order valence-corrected chi connectivity index (χ2v) is 6.82. The van der Waals surface area contributed by atoms with Crippen molar-refractivity contribution in [2.75, 3.05) is 52.5 Å².